The van der Waals surface area contributed by atoms with Gasteiger partial charge in [-0.1, -0.05) is 41.9 Å². The molecule has 0 spiro atoms. The predicted octanol–water partition coefficient (Wildman–Crippen LogP) is 6.97. The maximum absolute atomic E-state index is 11.5. The molecule has 0 heterocycles. The molecule has 6 nitrogen and oxygen atoms in total. The van der Waals surface area contributed by atoms with Gasteiger partial charge in [0.15, 0.2) is 0 Å². The maximum atomic E-state index is 11.5. The van der Waals surface area contributed by atoms with Gasteiger partial charge in [0.25, 0.3) is 0 Å². The summed E-state index contributed by atoms with van der Waals surface area (Å²) < 4.78 is 5.03. The number of nitriles is 1. The highest BCUT2D eigenvalue weighted by atomic mass is 16.5. The molecular formula is C36H28N2O4. The Bertz CT molecular complexity index is 1660. The second kappa shape index (κ2) is 15.1. The van der Waals surface area contributed by atoms with E-state index in [1.165, 1.54) is 0 Å². The molecule has 6 heteroatoms. The molecule has 0 atom stereocenters. The van der Waals surface area contributed by atoms with Crippen LogP contribution in [0.1, 0.15) is 47.9 Å². The van der Waals surface area contributed by atoms with Crippen molar-refractivity contribution in [3.63, 3.8) is 0 Å². The van der Waals surface area contributed by atoms with Gasteiger partial charge in [0, 0.05) is 40.2 Å². The second-order valence-corrected chi connectivity index (χ2v) is 9.22. The van der Waals surface area contributed by atoms with Gasteiger partial charge in [-0.2, -0.15) is 5.26 Å². The number of carboxylic acid groups (broad SMARTS) is 1. The molecule has 4 rings (SSSR count). The van der Waals surface area contributed by atoms with Gasteiger partial charge >= 0.3 is 11.9 Å². The van der Waals surface area contributed by atoms with Crippen molar-refractivity contribution in [2.75, 3.05) is 11.5 Å². The molecular weight excluding hydrogens is 524 g/mol. The van der Waals surface area contributed by atoms with E-state index in [1.54, 1.807) is 12.1 Å². The summed E-state index contributed by atoms with van der Waals surface area (Å²) in [5, 5.41) is 17.6. The van der Waals surface area contributed by atoms with Crippen molar-refractivity contribution in [3.05, 3.63) is 125 Å². The minimum absolute atomic E-state index is 0.120. The van der Waals surface area contributed by atoms with Crippen LogP contribution in [0.5, 0.6) is 0 Å². The van der Waals surface area contributed by atoms with Crippen molar-refractivity contribution in [3.8, 4) is 29.8 Å². The number of nitrogens with zero attached hydrogens (tertiary/aromatic N) is 2. The summed E-state index contributed by atoms with van der Waals surface area (Å²) in [5.41, 5.74) is 6.21. The number of aliphatic carboxylic acids is 1. The van der Waals surface area contributed by atoms with Gasteiger partial charge < -0.3 is 14.7 Å². The Morgan fingerprint density at radius 3 is 1.71 bits per heavy atom. The molecule has 0 unspecified atom stereocenters. The molecule has 0 amide bonds. The predicted molar refractivity (Wildman–Crippen MR) is 162 cm³/mol. The SMILES string of the molecule is N#Cc1ccc(C#Cc2ccc(N(c3ccccc3)c3ccc(C#CCCCOC(=O)CCC(=O)O)cc3)cc2)cc1. The van der Waals surface area contributed by atoms with Crippen LogP contribution in [-0.2, 0) is 14.3 Å². The van der Waals surface area contributed by atoms with Gasteiger partial charge in [-0.25, -0.2) is 0 Å². The Morgan fingerprint density at radius 1 is 0.667 bits per heavy atom. The van der Waals surface area contributed by atoms with E-state index in [2.05, 4.69) is 46.8 Å². The van der Waals surface area contributed by atoms with Crippen molar-refractivity contribution in [1.82, 2.24) is 0 Å². The quantitative estimate of drug-likeness (QED) is 0.137. The average molecular weight is 553 g/mol. The van der Waals surface area contributed by atoms with E-state index in [0.29, 0.717) is 18.4 Å². The molecule has 0 aromatic heterocycles. The molecule has 4 aromatic carbocycles. The summed E-state index contributed by atoms with van der Waals surface area (Å²) in [5.74, 6) is 11.0. The number of carbonyl (C=O) groups is 2. The molecule has 42 heavy (non-hydrogen) atoms. The maximum Gasteiger partial charge on any atom is 0.306 e. The standard InChI is InChI=1S/C36H28N2O4/c37-27-31-14-12-29(13-15-31)10-11-30-18-22-34(23-19-30)38(32-8-4-1-5-9-32)33-20-16-28(17-21-33)7-3-2-6-26-42-36(41)25-24-35(39)40/h1,4-5,8-9,12-23H,2,6,24-26H2,(H,39,40). The van der Waals surface area contributed by atoms with Crippen molar-refractivity contribution in [2.45, 2.75) is 25.7 Å². The van der Waals surface area contributed by atoms with Crippen molar-refractivity contribution >= 4 is 29.0 Å². The first kappa shape index (κ1) is 29.2. The van der Waals surface area contributed by atoms with E-state index in [4.69, 9.17) is 15.1 Å². The fourth-order valence-corrected chi connectivity index (χ4v) is 3.98. The van der Waals surface area contributed by atoms with Crippen LogP contribution >= 0.6 is 0 Å². The van der Waals surface area contributed by atoms with E-state index in [-0.39, 0.29) is 19.4 Å². The smallest absolute Gasteiger partial charge is 0.306 e. The van der Waals surface area contributed by atoms with Gasteiger partial charge in [0.2, 0.25) is 0 Å². The van der Waals surface area contributed by atoms with E-state index in [0.717, 1.165) is 33.8 Å². The Morgan fingerprint density at radius 2 is 1.17 bits per heavy atom. The van der Waals surface area contributed by atoms with Crippen molar-refractivity contribution in [1.29, 1.82) is 5.26 Å². The molecule has 0 fully saturated rings. The summed E-state index contributed by atoms with van der Waals surface area (Å²) in [7, 11) is 0. The van der Waals surface area contributed by atoms with Gasteiger partial charge in [0.05, 0.1) is 31.1 Å². The van der Waals surface area contributed by atoms with Crippen LogP contribution in [-0.4, -0.2) is 23.7 Å². The molecule has 0 aliphatic carbocycles. The second-order valence-electron chi connectivity index (χ2n) is 9.22. The van der Waals surface area contributed by atoms with Gasteiger partial charge in [-0.3, -0.25) is 9.59 Å². The Kier molecular flexibility index (Phi) is 10.5. The Hall–Kier alpha value is -5.77. The van der Waals surface area contributed by atoms with E-state index in [1.807, 2.05) is 78.9 Å². The lowest BCUT2D eigenvalue weighted by Crippen LogP contribution is -2.09. The number of esters is 1. The van der Waals surface area contributed by atoms with E-state index in [9.17, 15) is 9.59 Å². The fourth-order valence-electron chi connectivity index (χ4n) is 3.98. The monoisotopic (exact) mass is 552 g/mol. The summed E-state index contributed by atoms with van der Waals surface area (Å²) >= 11 is 0. The van der Waals surface area contributed by atoms with Gasteiger partial charge in [-0.05, 0) is 91.3 Å². The normalized spacial score (nSPS) is 9.79. The number of para-hydroxylation sites is 1. The lowest BCUT2D eigenvalue weighted by atomic mass is 10.1. The topological polar surface area (TPSA) is 90.6 Å². The number of rotatable bonds is 9. The van der Waals surface area contributed by atoms with Crippen LogP contribution in [0.25, 0.3) is 0 Å². The fraction of sp³-hybridized carbons (Fsp3) is 0.139. The summed E-state index contributed by atoms with van der Waals surface area (Å²) in [6.07, 6.45) is 0.798. The highest BCUT2D eigenvalue weighted by molar-refractivity contribution is 5.77. The highest BCUT2D eigenvalue weighted by Gasteiger charge is 2.12. The van der Waals surface area contributed by atoms with Crippen LogP contribution in [0.3, 0.4) is 0 Å². The third kappa shape index (κ3) is 8.88. The number of benzene rings is 4. The van der Waals surface area contributed by atoms with Crippen LogP contribution in [0, 0.1) is 35.0 Å². The first-order valence-electron chi connectivity index (χ1n) is 13.5. The van der Waals surface area contributed by atoms with Crippen molar-refractivity contribution < 1.29 is 19.4 Å². The molecule has 0 saturated carbocycles. The first-order valence-corrected chi connectivity index (χ1v) is 13.5. The van der Waals surface area contributed by atoms with E-state index >= 15 is 0 Å². The Balaban J connectivity index is 1.41. The molecule has 0 radical (unpaired) electrons. The van der Waals surface area contributed by atoms with Crippen LogP contribution in [0.2, 0.25) is 0 Å². The minimum Gasteiger partial charge on any atom is -0.481 e. The molecule has 0 aliphatic heterocycles. The molecule has 206 valence electrons. The lowest BCUT2D eigenvalue weighted by molar-refractivity contribution is -0.147. The summed E-state index contributed by atoms with van der Waals surface area (Å²) in [6.45, 7) is 0.220. The number of ether oxygens (including phenoxy) is 1. The molecule has 4 aromatic rings. The van der Waals surface area contributed by atoms with Gasteiger partial charge in [-0.15, -0.1) is 0 Å². The van der Waals surface area contributed by atoms with E-state index < -0.39 is 11.9 Å². The number of hydrogen-bond acceptors (Lipinski definition) is 5. The summed E-state index contributed by atoms with van der Waals surface area (Å²) in [6, 6.07) is 35.5. The van der Waals surface area contributed by atoms with Crippen LogP contribution in [0.4, 0.5) is 17.1 Å². The number of hydrogen-bond donors (Lipinski definition) is 1. The first-order chi connectivity index (χ1) is 20.5. The van der Waals surface area contributed by atoms with Crippen LogP contribution < -0.4 is 4.90 Å². The zero-order valence-corrected chi connectivity index (χ0v) is 22.9. The molecule has 0 saturated heterocycles. The summed E-state index contributed by atoms with van der Waals surface area (Å²) in [4.78, 5) is 24.1. The largest absolute Gasteiger partial charge is 0.481 e. The number of carbonyl (C=O) groups excluding carboxylic acids is 1. The third-order valence-corrected chi connectivity index (χ3v) is 6.12. The molecule has 0 aliphatic rings. The zero-order valence-electron chi connectivity index (χ0n) is 22.9. The van der Waals surface area contributed by atoms with Crippen molar-refractivity contribution in [2.24, 2.45) is 0 Å². The third-order valence-electron chi connectivity index (χ3n) is 6.12. The number of carboxylic acids is 1. The highest BCUT2D eigenvalue weighted by Crippen LogP contribution is 2.34. The molecule has 0 bridgehead atoms. The zero-order chi connectivity index (χ0) is 29.6. The number of unbranched alkanes of at least 4 members (excludes halogenated alkanes) is 1. The minimum atomic E-state index is -1.02. The van der Waals surface area contributed by atoms with Gasteiger partial charge in [0.1, 0.15) is 0 Å². The lowest BCUT2D eigenvalue weighted by Gasteiger charge is -2.25. The Labute approximate surface area is 245 Å². The molecule has 1 N–H and O–H groups in total. The van der Waals surface area contributed by atoms with Crippen LogP contribution in [0.15, 0.2) is 103 Å². The number of anilines is 3. The average Bonchev–Trinajstić information content (AvgIpc) is 3.03.